The molecule has 5 nitrogen and oxygen atoms in total. The van der Waals surface area contributed by atoms with Crippen LogP contribution in [0.2, 0.25) is 0 Å². The van der Waals surface area contributed by atoms with Crippen molar-refractivity contribution in [3.8, 4) is 0 Å². The second-order valence-corrected chi connectivity index (χ2v) is 9.47. The Morgan fingerprint density at radius 3 is 2.29 bits per heavy atom. The monoisotopic (exact) mass is 352 g/mol. The maximum absolute atomic E-state index is 12.7. The van der Waals surface area contributed by atoms with Crippen LogP contribution in [-0.2, 0) is 21.2 Å². The van der Waals surface area contributed by atoms with E-state index in [2.05, 4.69) is 0 Å². The van der Waals surface area contributed by atoms with Crippen molar-refractivity contribution < 1.29 is 13.2 Å². The van der Waals surface area contributed by atoms with Gasteiger partial charge in [0.25, 0.3) is 0 Å². The maximum Gasteiger partial charge on any atom is 0.223 e. The first kappa shape index (κ1) is 18.8. The molecule has 134 valence electrons. The Hall–Kier alpha value is -1.56. The fraction of sp³-hybridized carbons (Fsp3) is 0.611. The summed E-state index contributed by atoms with van der Waals surface area (Å²) in [4.78, 5) is 16.4. The zero-order valence-electron chi connectivity index (χ0n) is 15.0. The van der Waals surface area contributed by atoms with Gasteiger partial charge >= 0.3 is 0 Å². The highest BCUT2D eigenvalue weighted by Crippen LogP contribution is 2.23. The molecule has 0 saturated carbocycles. The molecule has 1 amide bonds. The van der Waals surface area contributed by atoms with E-state index in [-0.39, 0.29) is 29.4 Å². The standard InChI is InChI=1S/C18H28N2O3S/c1-14(2)11-18(21)20(17-9-10-24(22,23)13-17)12-15-5-7-16(8-6-15)19(3)4/h5-8,14,17H,9-13H2,1-4H3/t17-/m1/s1. The number of hydrogen-bond acceptors (Lipinski definition) is 4. The van der Waals surface area contributed by atoms with E-state index in [0.717, 1.165) is 11.3 Å². The van der Waals surface area contributed by atoms with E-state index in [1.165, 1.54) is 0 Å². The first-order valence-electron chi connectivity index (χ1n) is 8.44. The van der Waals surface area contributed by atoms with Gasteiger partial charge in [-0.25, -0.2) is 8.42 Å². The zero-order chi connectivity index (χ0) is 17.9. The Kier molecular flexibility index (Phi) is 5.91. The van der Waals surface area contributed by atoms with Crippen LogP contribution >= 0.6 is 0 Å². The van der Waals surface area contributed by atoms with E-state index >= 15 is 0 Å². The molecule has 24 heavy (non-hydrogen) atoms. The average molecular weight is 353 g/mol. The molecule has 0 radical (unpaired) electrons. The van der Waals surface area contributed by atoms with Crippen LogP contribution < -0.4 is 4.90 Å². The first-order valence-corrected chi connectivity index (χ1v) is 10.3. The maximum atomic E-state index is 12.7. The van der Waals surface area contributed by atoms with Gasteiger partial charge in [-0.3, -0.25) is 4.79 Å². The van der Waals surface area contributed by atoms with E-state index in [9.17, 15) is 13.2 Å². The fourth-order valence-electron chi connectivity index (χ4n) is 3.00. The smallest absolute Gasteiger partial charge is 0.223 e. The van der Waals surface area contributed by atoms with Crippen LogP contribution in [0.5, 0.6) is 0 Å². The molecular formula is C18H28N2O3S. The van der Waals surface area contributed by atoms with E-state index in [1.54, 1.807) is 4.90 Å². The van der Waals surface area contributed by atoms with E-state index in [0.29, 0.717) is 19.4 Å². The van der Waals surface area contributed by atoms with Crippen molar-refractivity contribution in [1.82, 2.24) is 4.90 Å². The Bertz CT molecular complexity index is 666. The van der Waals surface area contributed by atoms with E-state index in [1.807, 2.05) is 57.1 Å². The summed E-state index contributed by atoms with van der Waals surface area (Å²) >= 11 is 0. The number of hydrogen-bond donors (Lipinski definition) is 0. The van der Waals surface area contributed by atoms with Crippen LogP contribution in [0.3, 0.4) is 0 Å². The lowest BCUT2D eigenvalue weighted by Crippen LogP contribution is -2.41. The summed E-state index contributed by atoms with van der Waals surface area (Å²) in [6.07, 6.45) is 0.994. The van der Waals surface area contributed by atoms with Crippen molar-refractivity contribution in [2.45, 2.75) is 39.3 Å². The normalized spacial score (nSPS) is 19.5. The second-order valence-electron chi connectivity index (χ2n) is 7.24. The molecule has 0 N–H and O–H groups in total. The molecule has 0 bridgehead atoms. The third-order valence-corrected chi connectivity index (χ3v) is 6.11. The second kappa shape index (κ2) is 7.55. The average Bonchev–Trinajstić information content (AvgIpc) is 2.84. The fourth-order valence-corrected chi connectivity index (χ4v) is 4.74. The minimum atomic E-state index is -3.01. The molecule has 0 aromatic heterocycles. The number of carbonyl (C=O) groups is 1. The third-order valence-electron chi connectivity index (χ3n) is 4.36. The SMILES string of the molecule is CC(C)CC(=O)N(Cc1ccc(N(C)C)cc1)[C@@H]1CCS(=O)(=O)C1. The molecule has 2 rings (SSSR count). The Balaban J connectivity index is 2.17. The number of benzene rings is 1. The number of anilines is 1. The lowest BCUT2D eigenvalue weighted by molar-refractivity contribution is -0.134. The number of amides is 1. The first-order chi connectivity index (χ1) is 11.2. The molecule has 1 fully saturated rings. The van der Waals surface area contributed by atoms with Crippen LogP contribution in [0.25, 0.3) is 0 Å². The highest BCUT2D eigenvalue weighted by Gasteiger charge is 2.34. The van der Waals surface area contributed by atoms with E-state index < -0.39 is 9.84 Å². The van der Waals surface area contributed by atoms with Gasteiger partial charge in [-0.15, -0.1) is 0 Å². The van der Waals surface area contributed by atoms with Gasteiger partial charge < -0.3 is 9.80 Å². The van der Waals surface area contributed by atoms with Crippen LogP contribution in [0.1, 0.15) is 32.3 Å². The summed E-state index contributed by atoms with van der Waals surface area (Å²) in [5.41, 5.74) is 2.13. The number of sulfone groups is 1. The Morgan fingerprint density at radius 2 is 1.83 bits per heavy atom. The Labute approximate surface area is 145 Å². The summed E-state index contributed by atoms with van der Waals surface area (Å²) in [5.74, 6) is 0.577. The lowest BCUT2D eigenvalue weighted by atomic mass is 10.1. The largest absolute Gasteiger partial charge is 0.378 e. The van der Waals surface area contributed by atoms with Gasteiger partial charge in [0.05, 0.1) is 11.5 Å². The van der Waals surface area contributed by atoms with Crippen LogP contribution in [0.4, 0.5) is 5.69 Å². The van der Waals surface area contributed by atoms with Crippen LogP contribution in [-0.4, -0.2) is 50.9 Å². The minimum absolute atomic E-state index is 0.0452. The van der Waals surface area contributed by atoms with Crippen molar-refractivity contribution in [1.29, 1.82) is 0 Å². The zero-order valence-corrected chi connectivity index (χ0v) is 15.8. The molecule has 0 spiro atoms. The molecular weight excluding hydrogens is 324 g/mol. The van der Waals surface area contributed by atoms with Crippen LogP contribution in [0.15, 0.2) is 24.3 Å². The molecule has 6 heteroatoms. The van der Waals surface area contributed by atoms with Gasteiger partial charge in [-0.1, -0.05) is 26.0 Å². The third kappa shape index (κ3) is 4.97. The van der Waals surface area contributed by atoms with Crippen molar-refractivity contribution >= 4 is 21.4 Å². The van der Waals surface area contributed by atoms with Crippen molar-refractivity contribution in [2.75, 3.05) is 30.5 Å². The summed E-state index contributed by atoms with van der Waals surface area (Å²) in [5, 5.41) is 0. The topological polar surface area (TPSA) is 57.7 Å². The van der Waals surface area contributed by atoms with Gasteiger partial charge in [0, 0.05) is 38.8 Å². The highest BCUT2D eigenvalue weighted by atomic mass is 32.2. The summed E-state index contributed by atoms with van der Waals surface area (Å²) in [6.45, 7) is 4.49. The van der Waals surface area contributed by atoms with Crippen molar-refractivity contribution in [2.24, 2.45) is 5.92 Å². The molecule has 1 saturated heterocycles. The van der Waals surface area contributed by atoms with Crippen molar-refractivity contribution in [3.63, 3.8) is 0 Å². The lowest BCUT2D eigenvalue weighted by Gasteiger charge is -2.29. The van der Waals surface area contributed by atoms with Gasteiger partial charge in [0.1, 0.15) is 0 Å². The quantitative estimate of drug-likeness (QED) is 0.788. The van der Waals surface area contributed by atoms with E-state index in [4.69, 9.17) is 0 Å². The summed E-state index contributed by atoms with van der Waals surface area (Å²) < 4.78 is 23.6. The highest BCUT2D eigenvalue weighted by molar-refractivity contribution is 7.91. The van der Waals surface area contributed by atoms with Crippen LogP contribution in [0, 0.1) is 5.92 Å². The van der Waals surface area contributed by atoms with Crippen molar-refractivity contribution in [3.05, 3.63) is 29.8 Å². The number of nitrogens with zero attached hydrogens (tertiary/aromatic N) is 2. The molecule has 1 atom stereocenters. The molecule has 1 aliphatic rings. The minimum Gasteiger partial charge on any atom is -0.378 e. The summed E-state index contributed by atoms with van der Waals surface area (Å²) in [7, 11) is 0.953. The molecule has 0 aliphatic carbocycles. The molecule has 1 heterocycles. The summed E-state index contributed by atoms with van der Waals surface area (Å²) in [6, 6.07) is 7.86. The van der Waals surface area contributed by atoms with Gasteiger partial charge in [-0.2, -0.15) is 0 Å². The number of rotatable bonds is 6. The molecule has 1 aliphatic heterocycles. The predicted molar refractivity (Wildman–Crippen MR) is 97.8 cm³/mol. The molecule has 1 aromatic rings. The van der Waals surface area contributed by atoms with Gasteiger partial charge in [0.15, 0.2) is 9.84 Å². The number of carbonyl (C=O) groups excluding carboxylic acids is 1. The van der Waals surface area contributed by atoms with Gasteiger partial charge in [0.2, 0.25) is 5.91 Å². The molecule has 1 aromatic carbocycles. The molecule has 0 unspecified atom stereocenters. The van der Waals surface area contributed by atoms with Gasteiger partial charge in [-0.05, 0) is 30.0 Å². The predicted octanol–water partition coefficient (Wildman–Crippen LogP) is 2.31. The Morgan fingerprint density at radius 1 is 1.21 bits per heavy atom.